The van der Waals surface area contributed by atoms with Crippen LogP contribution in [0.4, 0.5) is 0 Å². The average Bonchev–Trinajstić information content (AvgIpc) is 2.59. The van der Waals surface area contributed by atoms with Crippen LogP contribution in [0, 0.1) is 5.41 Å². The van der Waals surface area contributed by atoms with Crippen LogP contribution in [0.5, 0.6) is 0 Å². The van der Waals surface area contributed by atoms with Gasteiger partial charge in [-0.25, -0.2) is 0 Å². The van der Waals surface area contributed by atoms with Crippen LogP contribution >= 0.6 is 0 Å². The first-order chi connectivity index (χ1) is 7.80. The Kier molecular flexibility index (Phi) is 4.91. The van der Waals surface area contributed by atoms with Gasteiger partial charge < -0.3 is 20.6 Å². The number of β-amino-alcohol motifs (C(OH)–C–C–N with tert-alkyl or cyclic N) is 1. The molecule has 1 amide bonds. The fourth-order valence-corrected chi connectivity index (χ4v) is 2.28. The van der Waals surface area contributed by atoms with Crippen LogP contribution in [0.2, 0.25) is 0 Å². The number of hydrogen-bond donors (Lipinski definition) is 3. The molecule has 1 fully saturated rings. The van der Waals surface area contributed by atoms with Crippen LogP contribution in [0.3, 0.4) is 0 Å². The van der Waals surface area contributed by atoms with Crippen molar-refractivity contribution in [3.8, 4) is 0 Å². The highest BCUT2D eigenvalue weighted by atomic mass is 16.3. The maximum Gasteiger partial charge on any atom is 0.237 e. The van der Waals surface area contributed by atoms with Crippen molar-refractivity contribution in [1.82, 2.24) is 15.5 Å². The number of hydrogen-bond acceptors (Lipinski definition) is 4. The molecule has 2 atom stereocenters. The summed E-state index contributed by atoms with van der Waals surface area (Å²) in [4.78, 5) is 13.9. The molecule has 0 bridgehead atoms. The summed E-state index contributed by atoms with van der Waals surface area (Å²) in [6, 6.07) is -0.236. The van der Waals surface area contributed by atoms with E-state index < -0.39 is 0 Å². The molecule has 5 heteroatoms. The molecular weight excluding hydrogens is 218 g/mol. The van der Waals surface area contributed by atoms with E-state index in [1.807, 2.05) is 14.1 Å². The molecule has 0 saturated carbocycles. The predicted molar refractivity (Wildman–Crippen MR) is 67.8 cm³/mol. The van der Waals surface area contributed by atoms with Crippen LogP contribution in [0.1, 0.15) is 20.3 Å². The molecule has 5 nitrogen and oxygen atoms in total. The smallest absolute Gasteiger partial charge is 0.237 e. The van der Waals surface area contributed by atoms with E-state index in [0.717, 1.165) is 6.54 Å². The Balaban J connectivity index is 2.32. The number of nitrogens with zero attached hydrogens (tertiary/aromatic N) is 1. The Morgan fingerprint density at radius 1 is 1.53 bits per heavy atom. The summed E-state index contributed by atoms with van der Waals surface area (Å²) in [6.07, 6.45) is 0.125. The Morgan fingerprint density at radius 3 is 2.65 bits per heavy atom. The molecule has 2 unspecified atom stereocenters. The first kappa shape index (κ1) is 14.4. The minimum atomic E-state index is -0.388. The third-order valence-electron chi connectivity index (χ3n) is 2.91. The zero-order valence-electron chi connectivity index (χ0n) is 11.3. The van der Waals surface area contributed by atoms with Crippen LogP contribution in [-0.4, -0.2) is 61.8 Å². The van der Waals surface area contributed by atoms with Crippen molar-refractivity contribution >= 4 is 5.91 Å². The number of amides is 1. The lowest BCUT2D eigenvalue weighted by atomic mass is 9.93. The molecule has 0 aliphatic carbocycles. The Hall–Kier alpha value is -0.650. The van der Waals surface area contributed by atoms with E-state index in [1.54, 1.807) is 0 Å². The Labute approximate surface area is 104 Å². The fraction of sp³-hybridized carbons (Fsp3) is 0.917. The average molecular weight is 243 g/mol. The summed E-state index contributed by atoms with van der Waals surface area (Å²) in [5, 5.41) is 15.3. The molecule has 3 N–H and O–H groups in total. The number of carbonyl (C=O) groups is 1. The minimum Gasteiger partial charge on any atom is -0.392 e. The molecule has 17 heavy (non-hydrogen) atoms. The molecule has 1 heterocycles. The number of rotatable bonds is 5. The van der Waals surface area contributed by atoms with Crippen molar-refractivity contribution in [2.24, 2.45) is 5.41 Å². The molecule has 100 valence electrons. The lowest BCUT2D eigenvalue weighted by Gasteiger charge is -2.29. The highest BCUT2D eigenvalue weighted by Crippen LogP contribution is 2.14. The number of carbonyl (C=O) groups excluding carboxylic acids is 1. The second-order valence-corrected chi connectivity index (χ2v) is 5.97. The van der Waals surface area contributed by atoms with E-state index in [2.05, 4.69) is 29.4 Å². The van der Waals surface area contributed by atoms with Gasteiger partial charge in [-0.1, -0.05) is 13.8 Å². The molecule has 1 aliphatic rings. The van der Waals surface area contributed by atoms with Gasteiger partial charge in [0.25, 0.3) is 0 Å². The molecule has 1 rings (SSSR count). The van der Waals surface area contributed by atoms with Gasteiger partial charge in [0.2, 0.25) is 5.91 Å². The van der Waals surface area contributed by atoms with E-state index in [-0.39, 0.29) is 23.5 Å². The van der Waals surface area contributed by atoms with Gasteiger partial charge >= 0.3 is 0 Å². The quantitative estimate of drug-likeness (QED) is 0.604. The normalized spacial score (nSPS) is 25.3. The van der Waals surface area contributed by atoms with Crippen molar-refractivity contribution in [2.45, 2.75) is 32.4 Å². The fourth-order valence-electron chi connectivity index (χ4n) is 2.28. The maximum atomic E-state index is 11.8. The van der Waals surface area contributed by atoms with E-state index in [4.69, 9.17) is 0 Å². The third-order valence-corrected chi connectivity index (χ3v) is 2.91. The van der Waals surface area contributed by atoms with Crippen molar-refractivity contribution in [3.05, 3.63) is 0 Å². The Bertz CT molecular complexity index is 266. The number of aliphatic hydroxyl groups excluding tert-OH is 1. The summed E-state index contributed by atoms with van der Waals surface area (Å²) in [5.41, 5.74) is 0.0520. The predicted octanol–water partition coefficient (Wildman–Crippen LogP) is -0.587. The number of nitrogens with one attached hydrogen (secondary N) is 2. The summed E-state index contributed by atoms with van der Waals surface area (Å²) in [5.74, 6) is -0.00613. The highest BCUT2D eigenvalue weighted by molar-refractivity contribution is 5.82. The summed E-state index contributed by atoms with van der Waals surface area (Å²) in [7, 11) is 4.05. The van der Waals surface area contributed by atoms with E-state index in [9.17, 15) is 9.90 Å². The van der Waals surface area contributed by atoms with Gasteiger partial charge in [0, 0.05) is 19.6 Å². The summed E-state index contributed by atoms with van der Waals surface area (Å²) >= 11 is 0. The van der Waals surface area contributed by atoms with Crippen LogP contribution in [-0.2, 0) is 4.79 Å². The van der Waals surface area contributed by atoms with Gasteiger partial charge in [0.1, 0.15) is 0 Å². The van der Waals surface area contributed by atoms with Gasteiger partial charge in [0.15, 0.2) is 0 Å². The minimum absolute atomic E-state index is 0.00613. The molecule has 1 saturated heterocycles. The largest absolute Gasteiger partial charge is 0.392 e. The molecule has 0 radical (unpaired) electrons. The standard InChI is InChI=1S/C12H25N3O2/c1-12(2,8-15(3)4)7-14-11(17)10-5-9(16)6-13-10/h9-10,13,16H,5-8H2,1-4H3,(H,14,17). The molecule has 0 spiro atoms. The summed E-state index contributed by atoms with van der Waals surface area (Å²) < 4.78 is 0. The topological polar surface area (TPSA) is 64.6 Å². The molecule has 0 aromatic rings. The van der Waals surface area contributed by atoms with Gasteiger partial charge in [-0.15, -0.1) is 0 Å². The van der Waals surface area contributed by atoms with Crippen LogP contribution in [0.15, 0.2) is 0 Å². The second kappa shape index (κ2) is 5.80. The van der Waals surface area contributed by atoms with E-state index in [1.165, 1.54) is 0 Å². The van der Waals surface area contributed by atoms with Gasteiger partial charge in [-0.05, 0) is 25.9 Å². The van der Waals surface area contributed by atoms with E-state index in [0.29, 0.717) is 19.5 Å². The van der Waals surface area contributed by atoms with Crippen molar-refractivity contribution in [3.63, 3.8) is 0 Å². The van der Waals surface area contributed by atoms with E-state index >= 15 is 0 Å². The van der Waals surface area contributed by atoms with Crippen molar-refractivity contribution < 1.29 is 9.90 Å². The highest BCUT2D eigenvalue weighted by Gasteiger charge is 2.29. The Morgan fingerprint density at radius 2 is 2.18 bits per heavy atom. The lowest BCUT2D eigenvalue weighted by molar-refractivity contribution is -0.123. The SMILES string of the molecule is CN(C)CC(C)(C)CNC(=O)C1CC(O)CN1. The zero-order chi connectivity index (χ0) is 13.1. The van der Waals surface area contributed by atoms with Gasteiger partial charge in [-0.3, -0.25) is 4.79 Å². The molecular formula is C12H25N3O2. The van der Waals surface area contributed by atoms with Crippen LogP contribution < -0.4 is 10.6 Å². The van der Waals surface area contributed by atoms with Crippen molar-refractivity contribution in [2.75, 3.05) is 33.7 Å². The second-order valence-electron chi connectivity index (χ2n) is 5.97. The zero-order valence-corrected chi connectivity index (χ0v) is 11.3. The third kappa shape index (κ3) is 5.02. The molecule has 0 aromatic carbocycles. The van der Waals surface area contributed by atoms with Crippen LogP contribution in [0.25, 0.3) is 0 Å². The molecule has 0 aromatic heterocycles. The summed E-state index contributed by atoms with van der Waals surface area (Å²) in [6.45, 7) is 6.35. The van der Waals surface area contributed by atoms with Gasteiger partial charge in [-0.2, -0.15) is 0 Å². The maximum absolute atomic E-state index is 11.8. The first-order valence-electron chi connectivity index (χ1n) is 6.14. The van der Waals surface area contributed by atoms with Gasteiger partial charge in [0.05, 0.1) is 12.1 Å². The molecule has 1 aliphatic heterocycles. The van der Waals surface area contributed by atoms with Crippen molar-refractivity contribution in [1.29, 1.82) is 0 Å². The number of aliphatic hydroxyl groups is 1. The first-order valence-corrected chi connectivity index (χ1v) is 6.14. The lowest BCUT2D eigenvalue weighted by Crippen LogP contribution is -2.46. The monoisotopic (exact) mass is 243 g/mol.